The van der Waals surface area contributed by atoms with Crippen molar-refractivity contribution in [3.05, 3.63) is 46.5 Å². The molecule has 7 nitrogen and oxygen atoms in total. The summed E-state index contributed by atoms with van der Waals surface area (Å²) in [4.78, 5) is 13.9. The number of hydrogen-bond acceptors (Lipinski definition) is 5. The van der Waals surface area contributed by atoms with Crippen molar-refractivity contribution in [2.75, 3.05) is 23.7 Å². The Labute approximate surface area is 186 Å². The number of nitrogen functional groups attached to an aromatic ring is 1. The average Bonchev–Trinajstić information content (AvgIpc) is 2.74. The van der Waals surface area contributed by atoms with Gasteiger partial charge in [0.25, 0.3) is 0 Å². The lowest BCUT2D eigenvalue weighted by molar-refractivity contribution is 0.136. The van der Waals surface area contributed by atoms with Gasteiger partial charge in [0.15, 0.2) is 0 Å². The zero-order valence-corrected chi connectivity index (χ0v) is 18.1. The average molecular weight is 464 g/mol. The predicted molar refractivity (Wildman–Crippen MR) is 117 cm³/mol. The van der Waals surface area contributed by atoms with E-state index in [9.17, 15) is 17.6 Å². The molecule has 0 atom stereocenters. The van der Waals surface area contributed by atoms with E-state index in [0.717, 1.165) is 11.3 Å². The second kappa shape index (κ2) is 8.33. The van der Waals surface area contributed by atoms with Crippen LogP contribution in [0.5, 0.6) is 0 Å². The molecule has 2 aromatic carbocycles. The Morgan fingerprint density at radius 2 is 1.94 bits per heavy atom. The third-order valence-corrected chi connectivity index (χ3v) is 7.95. The van der Waals surface area contributed by atoms with Gasteiger partial charge in [-0.1, -0.05) is 29.2 Å². The van der Waals surface area contributed by atoms with Crippen LogP contribution in [0.2, 0.25) is 5.02 Å². The van der Waals surface area contributed by atoms with E-state index >= 15 is 0 Å². The van der Waals surface area contributed by atoms with Crippen molar-refractivity contribution in [1.82, 2.24) is 4.31 Å². The molecule has 2 aliphatic heterocycles. The van der Waals surface area contributed by atoms with Crippen LogP contribution in [0, 0.1) is 0 Å². The van der Waals surface area contributed by atoms with Gasteiger partial charge in [-0.25, -0.2) is 17.6 Å². The van der Waals surface area contributed by atoms with Crippen LogP contribution < -0.4 is 16.1 Å². The maximum atomic E-state index is 13.2. The first-order valence-corrected chi connectivity index (χ1v) is 11.5. The van der Waals surface area contributed by atoms with Crippen LogP contribution in [-0.4, -0.2) is 45.8 Å². The molecule has 0 bridgehead atoms. The van der Waals surface area contributed by atoms with Gasteiger partial charge in [0.2, 0.25) is 10.0 Å². The molecular formula is C20H20BClFN3O4S. The number of carbonyl (C=O) groups excluding carboxylic acids is 1. The highest BCUT2D eigenvalue weighted by atomic mass is 35.5. The van der Waals surface area contributed by atoms with Gasteiger partial charge in [0.1, 0.15) is 26.0 Å². The summed E-state index contributed by atoms with van der Waals surface area (Å²) in [6.45, 7) is -0.400. The Kier molecular flexibility index (Phi) is 5.89. The van der Waals surface area contributed by atoms with Crippen LogP contribution in [0.25, 0.3) is 0 Å². The number of piperidine rings is 1. The van der Waals surface area contributed by atoms with Crippen LogP contribution in [0.3, 0.4) is 0 Å². The quantitative estimate of drug-likeness (QED) is 0.555. The number of rotatable bonds is 4. The number of cyclic esters (lactones) is 1. The van der Waals surface area contributed by atoms with Gasteiger partial charge in [-0.2, -0.15) is 4.31 Å². The lowest BCUT2D eigenvalue weighted by Crippen LogP contribution is -2.50. The van der Waals surface area contributed by atoms with E-state index in [0.29, 0.717) is 18.3 Å². The van der Waals surface area contributed by atoms with Gasteiger partial charge in [-0.05, 0) is 31.0 Å². The molecule has 0 aliphatic carbocycles. The molecule has 0 spiro atoms. The predicted octanol–water partition coefficient (Wildman–Crippen LogP) is 2.50. The van der Waals surface area contributed by atoms with Crippen LogP contribution in [0.15, 0.2) is 35.2 Å². The summed E-state index contributed by atoms with van der Waals surface area (Å²) in [7, 11) is 1.89. The van der Waals surface area contributed by atoms with Gasteiger partial charge in [0.05, 0.1) is 11.4 Å². The molecule has 0 unspecified atom stereocenters. The van der Waals surface area contributed by atoms with Crippen molar-refractivity contribution < 1.29 is 22.3 Å². The van der Waals surface area contributed by atoms with Crippen molar-refractivity contribution in [1.29, 1.82) is 0 Å². The first kappa shape index (κ1) is 21.9. The smallest absolute Gasteiger partial charge is 0.414 e. The molecule has 0 aromatic heterocycles. The summed E-state index contributed by atoms with van der Waals surface area (Å²) < 4.78 is 46.0. The fraction of sp³-hybridized carbons (Fsp3) is 0.350. The molecule has 2 aromatic rings. The van der Waals surface area contributed by atoms with Gasteiger partial charge in [-0.15, -0.1) is 0 Å². The maximum Gasteiger partial charge on any atom is 0.414 e. The van der Waals surface area contributed by atoms with E-state index in [1.807, 2.05) is 0 Å². The summed E-state index contributed by atoms with van der Waals surface area (Å²) >= 11 is 5.92. The molecule has 0 saturated carbocycles. The zero-order chi connectivity index (χ0) is 22.3. The molecule has 2 aliphatic rings. The van der Waals surface area contributed by atoms with E-state index in [4.69, 9.17) is 29.9 Å². The van der Waals surface area contributed by atoms with Crippen molar-refractivity contribution in [3.8, 4) is 0 Å². The Bertz CT molecular complexity index is 1140. The molecule has 162 valence electrons. The lowest BCUT2D eigenvalue weighted by Gasteiger charge is -2.40. The number of nitrogens with two attached hydrogens (primary N) is 1. The van der Waals surface area contributed by atoms with Crippen molar-refractivity contribution in [2.24, 2.45) is 0 Å². The van der Waals surface area contributed by atoms with Gasteiger partial charge < -0.3 is 10.5 Å². The minimum absolute atomic E-state index is 0.0320. The van der Waals surface area contributed by atoms with Crippen LogP contribution in [-0.2, 0) is 28.0 Å². The number of carbonyl (C=O) groups is 1. The molecule has 2 N–H and O–H groups in total. The molecular weight excluding hydrogens is 444 g/mol. The number of alkyl halides is 1. The number of sulfonamides is 1. The number of anilines is 2. The summed E-state index contributed by atoms with van der Waals surface area (Å²) in [6.07, 6.45) is 0.344. The fourth-order valence-corrected chi connectivity index (χ4v) is 5.87. The minimum atomic E-state index is -3.94. The minimum Gasteiger partial charge on any atom is -0.444 e. The summed E-state index contributed by atoms with van der Waals surface area (Å²) in [5, 5.41) is 0.0839. The van der Waals surface area contributed by atoms with E-state index in [1.54, 1.807) is 23.1 Å². The van der Waals surface area contributed by atoms with Crippen molar-refractivity contribution in [2.45, 2.75) is 37.1 Å². The molecule has 1 saturated heterocycles. The van der Waals surface area contributed by atoms with E-state index < -0.39 is 22.8 Å². The Balaban J connectivity index is 1.55. The van der Waals surface area contributed by atoms with Crippen molar-refractivity contribution >= 4 is 52.4 Å². The van der Waals surface area contributed by atoms with Gasteiger partial charge >= 0.3 is 6.09 Å². The number of nitrogens with zero attached hydrogens (tertiary/aromatic N) is 2. The number of ether oxygens (including phenoxy) is 1. The standard InChI is InChI=1S/C20H20BClFN3O4S/c21-14-1-2-18-13(7-14)11-30-20(27)26(18)15-3-5-25(6-4-15)31(28,29)19-8-12(10-23)16(22)9-17(19)24/h1-2,7-9,15H,3-6,10-11,24H2. The second-order valence-corrected chi connectivity index (χ2v) is 9.88. The fourth-order valence-electron chi connectivity index (χ4n) is 4.03. The van der Waals surface area contributed by atoms with E-state index in [2.05, 4.69) is 0 Å². The molecule has 11 heteroatoms. The third-order valence-electron chi connectivity index (χ3n) is 5.64. The Hall–Kier alpha value is -2.30. The monoisotopic (exact) mass is 463 g/mol. The highest BCUT2D eigenvalue weighted by Crippen LogP contribution is 2.34. The molecule has 4 rings (SSSR count). The lowest BCUT2D eigenvalue weighted by atomic mass is 9.92. The number of hydrogen-bond donors (Lipinski definition) is 1. The first-order chi connectivity index (χ1) is 14.7. The van der Waals surface area contributed by atoms with Crippen LogP contribution >= 0.6 is 11.6 Å². The topological polar surface area (TPSA) is 92.9 Å². The molecule has 2 heterocycles. The largest absolute Gasteiger partial charge is 0.444 e. The maximum absolute atomic E-state index is 13.2. The normalized spacial score (nSPS) is 18.0. The van der Waals surface area contributed by atoms with Crippen molar-refractivity contribution in [3.63, 3.8) is 0 Å². The number of benzene rings is 2. The zero-order valence-electron chi connectivity index (χ0n) is 16.6. The third kappa shape index (κ3) is 3.99. The van der Waals surface area contributed by atoms with Gasteiger partial charge in [0, 0.05) is 35.3 Å². The summed E-state index contributed by atoms with van der Waals surface area (Å²) in [5.74, 6) is 0. The Morgan fingerprint density at radius 1 is 1.23 bits per heavy atom. The Morgan fingerprint density at radius 3 is 2.61 bits per heavy atom. The summed E-state index contributed by atoms with van der Waals surface area (Å²) in [5.41, 5.74) is 8.01. The number of amides is 1. The molecule has 1 fully saturated rings. The molecule has 1 amide bonds. The highest BCUT2D eigenvalue weighted by Gasteiger charge is 2.37. The molecule has 2 radical (unpaired) electrons. The second-order valence-electron chi connectivity index (χ2n) is 7.56. The SMILES string of the molecule is [B]c1ccc2c(c1)COC(=O)N2C1CCN(S(=O)(=O)c2cc(CF)c(Cl)cc2N)CC1. The first-order valence-electron chi connectivity index (χ1n) is 9.70. The summed E-state index contributed by atoms with van der Waals surface area (Å²) in [6, 6.07) is 7.46. The van der Waals surface area contributed by atoms with E-state index in [1.165, 1.54) is 16.4 Å². The number of halogens is 2. The van der Waals surface area contributed by atoms with Crippen LogP contribution in [0.1, 0.15) is 24.0 Å². The van der Waals surface area contributed by atoms with Gasteiger partial charge in [-0.3, -0.25) is 4.90 Å². The van der Waals surface area contributed by atoms with E-state index in [-0.39, 0.29) is 46.9 Å². The van der Waals surface area contributed by atoms with Crippen LogP contribution in [0.4, 0.5) is 20.6 Å². The highest BCUT2D eigenvalue weighted by molar-refractivity contribution is 7.89. The molecule has 31 heavy (non-hydrogen) atoms. The number of fused-ring (bicyclic) bond motifs is 1.